The van der Waals surface area contributed by atoms with Crippen LogP contribution in [0.25, 0.3) is 0 Å². The number of halogens is 3. The van der Waals surface area contributed by atoms with E-state index in [0.717, 1.165) is 0 Å². The van der Waals surface area contributed by atoms with Crippen molar-refractivity contribution >= 4 is 18.0 Å². The molecule has 0 bridgehead atoms. The van der Waals surface area contributed by atoms with Crippen LogP contribution in [-0.2, 0) is 0 Å². The monoisotopic (exact) mass is 297 g/mol. The molecule has 0 spiro atoms. The van der Waals surface area contributed by atoms with Gasteiger partial charge >= 0.3 is 6.36 Å². The highest BCUT2D eigenvalue weighted by molar-refractivity contribution is 5.80. The number of hydrogen-bond donors (Lipinski definition) is 2. The zero-order valence-corrected chi connectivity index (χ0v) is 10.5. The van der Waals surface area contributed by atoms with Crippen LogP contribution < -0.4 is 15.9 Å². The Morgan fingerprint density at radius 3 is 2.52 bits per heavy atom. The molecule has 0 aliphatic rings. The van der Waals surface area contributed by atoms with E-state index in [2.05, 4.69) is 25.2 Å². The summed E-state index contributed by atoms with van der Waals surface area (Å²) in [6, 6.07) is 6.74. The Kier molecular flexibility index (Phi) is 4.21. The molecule has 0 radical (unpaired) electrons. The molecular weight excluding hydrogens is 287 g/mol. The lowest BCUT2D eigenvalue weighted by atomic mass is 10.2. The Labute approximate surface area is 117 Å². The first-order valence-electron chi connectivity index (χ1n) is 5.66. The first-order chi connectivity index (χ1) is 9.92. The summed E-state index contributed by atoms with van der Waals surface area (Å²) in [5.41, 5.74) is 8.57. The van der Waals surface area contributed by atoms with Gasteiger partial charge in [0.1, 0.15) is 11.6 Å². The Balaban J connectivity index is 1.95. The molecule has 9 heteroatoms. The maximum Gasteiger partial charge on any atom is 0.573 e. The van der Waals surface area contributed by atoms with Crippen LogP contribution in [0.15, 0.2) is 41.6 Å². The molecule has 0 saturated heterocycles. The number of alkyl halides is 3. The number of hydrogen-bond acceptors (Lipinski definition) is 6. The molecule has 0 aliphatic carbocycles. The fourth-order valence-corrected chi connectivity index (χ4v) is 1.35. The average molecular weight is 297 g/mol. The third-order valence-corrected chi connectivity index (χ3v) is 2.17. The number of nitrogens with one attached hydrogen (secondary N) is 1. The second-order valence-corrected chi connectivity index (χ2v) is 3.79. The van der Waals surface area contributed by atoms with Gasteiger partial charge in [-0.1, -0.05) is 0 Å². The van der Waals surface area contributed by atoms with Gasteiger partial charge in [0.2, 0.25) is 5.95 Å². The summed E-state index contributed by atoms with van der Waals surface area (Å²) in [7, 11) is 0. The highest BCUT2D eigenvalue weighted by Gasteiger charge is 2.30. The fourth-order valence-electron chi connectivity index (χ4n) is 1.35. The fraction of sp³-hybridized carbons (Fsp3) is 0.0833. The van der Waals surface area contributed by atoms with Crippen LogP contribution in [0.1, 0.15) is 5.56 Å². The smallest absolute Gasteiger partial charge is 0.406 e. The Bertz CT molecular complexity index is 628. The van der Waals surface area contributed by atoms with Crippen molar-refractivity contribution in [2.45, 2.75) is 6.36 Å². The number of nitrogens with two attached hydrogens (primary N) is 1. The minimum absolute atomic E-state index is 0.211. The van der Waals surface area contributed by atoms with Crippen molar-refractivity contribution < 1.29 is 17.9 Å². The summed E-state index contributed by atoms with van der Waals surface area (Å²) in [6.45, 7) is 0. The molecule has 1 aromatic heterocycles. The molecule has 6 nitrogen and oxygen atoms in total. The number of nitrogen functional groups attached to an aromatic ring is 1. The van der Waals surface area contributed by atoms with Gasteiger partial charge in [0.25, 0.3) is 0 Å². The maximum atomic E-state index is 12.0. The minimum atomic E-state index is -4.71. The van der Waals surface area contributed by atoms with Gasteiger partial charge in [-0.05, 0) is 35.9 Å². The summed E-state index contributed by atoms with van der Waals surface area (Å²) < 4.78 is 39.7. The topological polar surface area (TPSA) is 85.4 Å². The number of hydrazone groups is 1. The SMILES string of the molecule is Nc1ccnc(NN=Cc2ccc(OC(F)(F)F)cc2)n1. The molecule has 110 valence electrons. The molecule has 2 rings (SSSR count). The van der Waals surface area contributed by atoms with Gasteiger partial charge < -0.3 is 10.5 Å². The van der Waals surface area contributed by atoms with Gasteiger partial charge in [0, 0.05) is 6.20 Å². The van der Waals surface area contributed by atoms with Gasteiger partial charge in [-0.25, -0.2) is 10.4 Å². The number of anilines is 2. The van der Waals surface area contributed by atoms with Crippen LogP contribution in [-0.4, -0.2) is 22.5 Å². The predicted molar refractivity (Wildman–Crippen MR) is 70.8 cm³/mol. The van der Waals surface area contributed by atoms with E-state index in [1.807, 2.05) is 0 Å². The van der Waals surface area contributed by atoms with Crippen molar-refractivity contribution in [1.29, 1.82) is 0 Å². The van der Waals surface area contributed by atoms with E-state index in [9.17, 15) is 13.2 Å². The van der Waals surface area contributed by atoms with E-state index in [-0.39, 0.29) is 17.5 Å². The molecule has 21 heavy (non-hydrogen) atoms. The molecule has 0 fully saturated rings. The Morgan fingerprint density at radius 1 is 1.19 bits per heavy atom. The molecule has 1 heterocycles. The number of ether oxygens (including phenoxy) is 1. The molecule has 0 atom stereocenters. The predicted octanol–water partition coefficient (Wildman–Crippen LogP) is 2.40. The van der Waals surface area contributed by atoms with Gasteiger partial charge in [0.15, 0.2) is 0 Å². The van der Waals surface area contributed by atoms with Crippen molar-refractivity contribution in [2.75, 3.05) is 11.2 Å². The summed E-state index contributed by atoms with van der Waals surface area (Å²) >= 11 is 0. The quantitative estimate of drug-likeness (QED) is 0.668. The van der Waals surface area contributed by atoms with Crippen LogP contribution in [0.3, 0.4) is 0 Å². The standard InChI is InChI=1S/C12H10F3N5O/c13-12(14,15)21-9-3-1-8(2-4-9)7-18-20-11-17-6-5-10(16)19-11/h1-7H,(H3,16,17,19,20). The third-order valence-electron chi connectivity index (χ3n) is 2.17. The van der Waals surface area contributed by atoms with E-state index in [4.69, 9.17) is 5.73 Å². The van der Waals surface area contributed by atoms with Crippen LogP contribution >= 0.6 is 0 Å². The van der Waals surface area contributed by atoms with Gasteiger partial charge in [-0.2, -0.15) is 10.1 Å². The average Bonchev–Trinajstić information content (AvgIpc) is 2.39. The highest BCUT2D eigenvalue weighted by Crippen LogP contribution is 2.22. The van der Waals surface area contributed by atoms with Crippen LogP contribution in [0.2, 0.25) is 0 Å². The number of benzene rings is 1. The lowest BCUT2D eigenvalue weighted by Crippen LogP contribution is -2.17. The van der Waals surface area contributed by atoms with Gasteiger partial charge in [0.05, 0.1) is 6.21 Å². The molecular formula is C12H10F3N5O. The zero-order chi connectivity index (χ0) is 15.3. The highest BCUT2D eigenvalue weighted by atomic mass is 19.4. The number of rotatable bonds is 4. The van der Waals surface area contributed by atoms with Crippen molar-refractivity contribution in [1.82, 2.24) is 9.97 Å². The first kappa shape index (κ1) is 14.6. The van der Waals surface area contributed by atoms with E-state index >= 15 is 0 Å². The van der Waals surface area contributed by atoms with E-state index in [0.29, 0.717) is 5.56 Å². The normalized spacial score (nSPS) is 11.6. The maximum absolute atomic E-state index is 12.0. The van der Waals surface area contributed by atoms with E-state index in [1.165, 1.54) is 42.7 Å². The summed E-state index contributed by atoms with van der Waals surface area (Å²) in [4.78, 5) is 7.72. The third kappa shape index (κ3) is 4.97. The number of aromatic nitrogens is 2. The van der Waals surface area contributed by atoms with Gasteiger partial charge in [-0.15, -0.1) is 13.2 Å². The molecule has 0 saturated carbocycles. The molecule has 0 aliphatic heterocycles. The summed E-state index contributed by atoms with van der Waals surface area (Å²) in [5.74, 6) is 0.200. The van der Waals surface area contributed by atoms with E-state index < -0.39 is 6.36 Å². The van der Waals surface area contributed by atoms with Crippen molar-refractivity contribution in [2.24, 2.45) is 5.10 Å². The minimum Gasteiger partial charge on any atom is -0.406 e. The Hall–Kier alpha value is -2.84. The molecule has 0 unspecified atom stereocenters. The van der Waals surface area contributed by atoms with Gasteiger partial charge in [-0.3, -0.25) is 0 Å². The van der Waals surface area contributed by atoms with Crippen molar-refractivity contribution in [3.63, 3.8) is 0 Å². The zero-order valence-electron chi connectivity index (χ0n) is 10.5. The number of nitrogens with zero attached hydrogens (tertiary/aromatic N) is 3. The lowest BCUT2D eigenvalue weighted by molar-refractivity contribution is -0.274. The molecule has 0 amide bonds. The largest absolute Gasteiger partial charge is 0.573 e. The van der Waals surface area contributed by atoms with Crippen molar-refractivity contribution in [3.05, 3.63) is 42.1 Å². The molecule has 1 aromatic carbocycles. The van der Waals surface area contributed by atoms with E-state index in [1.54, 1.807) is 0 Å². The van der Waals surface area contributed by atoms with Crippen molar-refractivity contribution in [3.8, 4) is 5.75 Å². The lowest BCUT2D eigenvalue weighted by Gasteiger charge is -2.08. The first-order valence-corrected chi connectivity index (χ1v) is 5.66. The van der Waals surface area contributed by atoms with Crippen LogP contribution in [0.5, 0.6) is 5.75 Å². The molecule has 2 aromatic rings. The van der Waals surface area contributed by atoms with Crippen LogP contribution in [0, 0.1) is 0 Å². The Morgan fingerprint density at radius 2 is 1.90 bits per heavy atom. The van der Waals surface area contributed by atoms with Crippen LogP contribution in [0.4, 0.5) is 24.9 Å². The molecule has 3 N–H and O–H groups in total. The second-order valence-electron chi connectivity index (χ2n) is 3.79. The summed E-state index contributed by atoms with van der Waals surface area (Å²) in [6.07, 6.45) is -1.85. The second kappa shape index (κ2) is 6.07. The summed E-state index contributed by atoms with van der Waals surface area (Å²) in [5, 5.41) is 3.84.